The summed E-state index contributed by atoms with van der Waals surface area (Å²) in [4.78, 5) is 0. The van der Waals surface area contributed by atoms with Crippen LogP contribution in [-0.4, -0.2) is 25.4 Å². The van der Waals surface area contributed by atoms with Crippen molar-refractivity contribution in [3.63, 3.8) is 0 Å². The SMILES string of the molecule is COCCc1ccc(CCO)cc1. The second-order valence-corrected chi connectivity index (χ2v) is 3.03. The first kappa shape index (κ1) is 10.2. The molecule has 0 saturated carbocycles. The van der Waals surface area contributed by atoms with Crippen molar-refractivity contribution in [3.05, 3.63) is 35.4 Å². The van der Waals surface area contributed by atoms with E-state index < -0.39 is 0 Å². The summed E-state index contributed by atoms with van der Waals surface area (Å²) >= 11 is 0. The van der Waals surface area contributed by atoms with E-state index in [1.165, 1.54) is 11.1 Å². The van der Waals surface area contributed by atoms with E-state index in [4.69, 9.17) is 9.84 Å². The molecule has 0 amide bonds. The molecule has 0 saturated heterocycles. The summed E-state index contributed by atoms with van der Waals surface area (Å²) in [6, 6.07) is 8.29. The van der Waals surface area contributed by atoms with Crippen LogP contribution in [0.15, 0.2) is 24.3 Å². The van der Waals surface area contributed by atoms with Crippen molar-refractivity contribution in [2.45, 2.75) is 12.8 Å². The lowest BCUT2D eigenvalue weighted by molar-refractivity contribution is 0.202. The highest BCUT2D eigenvalue weighted by Crippen LogP contribution is 2.05. The monoisotopic (exact) mass is 180 g/mol. The zero-order valence-electron chi connectivity index (χ0n) is 7.99. The molecule has 0 aliphatic heterocycles. The third-order valence-corrected chi connectivity index (χ3v) is 2.02. The lowest BCUT2D eigenvalue weighted by Crippen LogP contribution is -1.95. The van der Waals surface area contributed by atoms with Crippen LogP contribution in [0.25, 0.3) is 0 Å². The lowest BCUT2D eigenvalue weighted by atomic mass is 10.1. The molecule has 0 fully saturated rings. The Morgan fingerprint density at radius 3 is 2.08 bits per heavy atom. The second-order valence-electron chi connectivity index (χ2n) is 3.03. The van der Waals surface area contributed by atoms with Crippen LogP contribution in [0.4, 0.5) is 0 Å². The molecule has 0 aromatic heterocycles. The van der Waals surface area contributed by atoms with E-state index in [0.29, 0.717) is 0 Å². The van der Waals surface area contributed by atoms with Gasteiger partial charge in [0.15, 0.2) is 0 Å². The Morgan fingerprint density at radius 1 is 1.08 bits per heavy atom. The Kier molecular flexibility index (Phi) is 4.50. The molecule has 0 unspecified atom stereocenters. The van der Waals surface area contributed by atoms with E-state index in [9.17, 15) is 0 Å². The molecule has 1 N–H and O–H groups in total. The molecule has 0 aliphatic carbocycles. The number of ether oxygens (including phenoxy) is 1. The van der Waals surface area contributed by atoms with Gasteiger partial charge in [-0.2, -0.15) is 0 Å². The van der Waals surface area contributed by atoms with Gasteiger partial charge < -0.3 is 9.84 Å². The van der Waals surface area contributed by atoms with Crippen molar-refractivity contribution < 1.29 is 9.84 Å². The van der Waals surface area contributed by atoms with Gasteiger partial charge in [0.1, 0.15) is 0 Å². The van der Waals surface area contributed by atoms with Crippen molar-refractivity contribution in [1.29, 1.82) is 0 Å². The Morgan fingerprint density at radius 2 is 1.62 bits per heavy atom. The first-order valence-corrected chi connectivity index (χ1v) is 4.54. The van der Waals surface area contributed by atoms with Crippen LogP contribution >= 0.6 is 0 Å². The molecule has 1 aromatic rings. The number of aliphatic hydroxyl groups excluding tert-OH is 1. The zero-order chi connectivity index (χ0) is 9.52. The Labute approximate surface area is 79.2 Å². The molecule has 1 aromatic carbocycles. The van der Waals surface area contributed by atoms with E-state index in [-0.39, 0.29) is 6.61 Å². The lowest BCUT2D eigenvalue weighted by Gasteiger charge is -2.02. The van der Waals surface area contributed by atoms with E-state index in [2.05, 4.69) is 24.3 Å². The zero-order valence-corrected chi connectivity index (χ0v) is 7.99. The number of hydrogen-bond donors (Lipinski definition) is 1. The standard InChI is InChI=1S/C11H16O2/c1-13-9-7-11-4-2-10(3-5-11)6-8-12/h2-5,12H,6-9H2,1H3. The number of benzene rings is 1. The predicted molar refractivity (Wildman–Crippen MR) is 52.8 cm³/mol. The van der Waals surface area contributed by atoms with Crippen molar-refractivity contribution in [2.24, 2.45) is 0 Å². The molecule has 72 valence electrons. The van der Waals surface area contributed by atoms with Crippen LogP contribution in [-0.2, 0) is 17.6 Å². The average Bonchev–Trinajstić information content (AvgIpc) is 2.17. The topological polar surface area (TPSA) is 29.5 Å². The molecule has 0 bridgehead atoms. The van der Waals surface area contributed by atoms with Crippen LogP contribution in [0.3, 0.4) is 0 Å². The van der Waals surface area contributed by atoms with Crippen LogP contribution in [0.2, 0.25) is 0 Å². The van der Waals surface area contributed by atoms with Crippen molar-refractivity contribution in [1.82, 2.24) is 0 Å². The van der Waals surface area contributed by atoms with Gasteiger partial charge in [0.05, 0.1) is 6.61 Å². The Hall–Kier alpha value is -0.860. The highest BCUT2D eigenvalue weighted by Gasteiger charge is 1.93. The first-order valence-electron chi connectivity index (χ1n) is 4.54. The predicted octanol–water partition coefficient (Wildman–Crippen LogP) is 1.41. The normalized spacial score (nSPS) is 10.3. The summed E-state index contributed by atoms with van der Waals surface area (Å²) in [5.41, 5.74) is 2.47. The van der Waals surface area contributed by atoms with Gasteiger partial charge in [0, 0.05) is 13.7 Å². The van der Waals surface area contributed by atoms with Gasteiger partial charge in [-0.05, 0) is 24.0 Å². The third kappa shape index (κ3) is 3.57. The molecule has 2 nitrogen and oxygen atoms in total. The van der Waals surface area contributed by atoms with Crippen LogP contribution in [0.1, 0.15) is 11.1 Å². The Bertz CT molecular complexity index is 228. The summed E-state index contributed by atoms with van der Waals surface area (Å²) in [5, 5.41) is 8.71. The number of methoxy groups -OCH3 is 1. The number of aliphatic hydroxyl groups is 1. The maximum absolute atomic E-state index is 8.71. The quantitative estimate of drug-likeness (QED) is 0.742. The van der Waals surface area contributed by atoms with Gasteiger partial charge in [0.2, 0.25) is 0 Å². The fraction of sp³-hybridized carbons (Fsp3) is 0.455. The van der Waals surface area contributed by atoms with Crippen LogP contribution < -0.4 is 0 Å². The van der Waals surface area contributed by atoms with Gasteiger partial charge in [-0.25, -0.2) is 0 Å². The van der Waals surface area contributed by atoms with Gasteiger partial charge in [-0.3, -0.25) is 0 Å². The van der Waals surface area contributed by atoms with Gasteiger partial charge in [-0.15, -0.1) is 0 Å². The second kappa shape index (κ2) is 5.73. The minimum Gasteiger partial charge on any atom is -0.396 e. The minimum absolute atomic E-state index is 0.220. The fourth-order valence-electron chi connectivity index (χ4n) is 1.22. The summed E-state index contributed by atoms with van der Waals surface area (Å²) < 4.78 is 4.98. The smallest absolute Gasteiger partial charge is 0.0502 e. The molecular weight excluding hydrogens is 164 g/mol. The number of hydrogen-bond acceptors (Lipinski definition) is 2. The maximum atomic E-state index is 8.71. The average molecular weight is 180 g/mol. The van der Waals surface area contributed by atoms with Crippen molar-refractivity contribution >= 4 is 0 Å². The summed E-state index contributed by atoms with van der Waals surface area (Å²) in [6.45, 7) is 0.983. The molecular formula is C11H16O2. The molecule has 0 atom stereocenters. The van der Waals surface area contributed by atoms with Gasteiger partial charge in [-0.1, -0.05) is 24.3 Å². The van der Waals surface area contributed by atoms with E-state index >= 15 is 0 Å². The van der Waals surface area contributed by atoms with E-state index in [1.807, 2.05) is 0 Å². The van der Waals surface area contributed by atoms with Crippen LogP contribution in [0.5, 0.6) is 0 Å². The number of rotatable bonds is 5. The third-order valence-electron chi connectivity index (χ3n) is 2.02. The Balaban J connectivity index is 2.48. The summed E-state index contributed by atoms with van der Waals surface area (Å²) in [5.74, 6) is 0. The summed E-state index contributed by atoms with van der Waals surface area (Å²) in [6.07, 6.45) is 1.69. The molecule has 0 spiro atoms. The van der Waals surface area contributed by atoms with E-state index in [0.717, 1.165) is 19.4 Å². The molecule has 1 rings (SSSR count). The molecule has 2 heteroatoms. The maximum Gasteiger partial charge on any atom is 0.0502 e. The molecule has 0 aliphatic rings. The highest BCUT2D eigenvalue weighted by atomic mass is 16.5. The summed E-state index contributed by atoms with van der Waals surface area (Å²) in [7, 11) is 1.71. The highest BCUT2D eigenvalue weighted by molar-refractivity contribution is 5.22. The first-order chi connectivity index (χ1) is 6.36. The van der Waals surface area contributed by atoms with Gasteiger partial charge in [0.25, 0.3) is 0 Å². The minimum atomic E-state index is 0.220. The molecule has 0 radical (unpaired) electrons. The fourth-order valence-corrected chi connectivity index (χ4v) is 1.22. The van der Waals surface area contributed by atoms with Crippen molar-refractivity contribution in [3.8, 4) is 0 Å². The van der Waals surface area contributed by atoms with Crippen LogP contribution in [0, 0.1) is 0 Å². The molecule has 13 heavy (non-hydrogen) atoms. The van der Waals surface area contributed by atoms with E-state index in [1.54, 1.807) is 7.11 Å². The van der Waals surface area contributed by atoms with Gasteiger partial charge >= 0.3 is 0 Å². The van der Waals surface area contributed by atoms with Crippen molar-refractivity contribution in [2.75, 3.05) is 20.3 Å². The molecule has 0 heterocycles. The largest absolute Gasteiger partial charge is 0.396 e.